The number of hydrogen-bond acceptors (Lipinski definition) is 3. The molecule has 0 spiro atoms. The lowest BCUT2D eigenvalue weighted by Crippen LogP contribution is -2.66. The van der Waals surface area contributed by atoms with Crippen LogP contribution in [0.1, 0.15) is 123 Å². The minimum atomic E-state index is -0.179. The fraction of sp³-hybridized carbons (Fsp3) is 0.730. The van der Waals surface area contributed by atoms with Crippen molar-refractivity contribution in [1.82, 2.24) is 0 Å². The van der Waals surface area contributed by atoms with Crippen LogP contribution >= 0.6 is 0 Å². The summed E-state index contributed by atoms with van der Waals surface area (Å²) >= 11 is 0. The monoisotopic (exact) mass is 546 g/mol. The third-order valence-corrected chi connectivity index (χ3v) is 13.8. The Kier molecular flexibility index (Phi) is 7.71. The Morgan fingerprint density at radius 3 is 2.27 bits per heavy atom. The number of esters is 1. The zero-order chi connectivity index (χ0) is 29.0. The molecule has 5 saturated carbocycles. The molecule has 7 unspecified atom stereocenters. The molecule has 1 aromatic rings. The van der Waals surface area contributed by atoms with E-state index in [1.54, 1.807) is 6.08 Å². The third-order valence-electron chi connectivity index (χ3n) is 13.8. The summed E-state index contributed by atoms with van der Waals surface area (Å²) in [4.78, 5) is 25.8. The van der Waals surface area contributed by atoms with Crippen LogP contribution in [0.5, 0.6) is 0 Å². The SMILES string of the molecule is C=CC.CC1(C)C(=O)CCC2(C)C1CCC1(C)C2CCC2C3CCCC3(COC(=O)c3ccccc3)CC[C@]21C. The van der Waals surface area contributed by atoms with Crippen molar-refractivity contribution in [2.24, 2.45) is 50.7 Å². The van der Waals surface area contributed by atoms with Crippen LogP contribution in [-0.2, 0) is 9.53 Å². The first kappa shape index (κ1) is 29.6. The highest BCUT2D eigenvalue weighted by atomic mass is 16.5. The Bertz CT molecular complexity index is 1120. The second-order valence-corrected chi connectivity index (χ2v) is 15.5. The van der Waals surface area contributed by atoms with E-state index in [1.807, 2.05) is 37.3 Å². The molecule has 5 aliphatic carbocycles. The van der Waals surface area contributed by atoms with Crippen LogP contribution in [0.4, 0.5) is 0 Å². The predicted molar refractivity (Wildman–Crippen MR) is 163 cm³/mol. The van der Waals surface area contributed by atoms with Gasteiger partial charge >= 0.3 is 5.97 Å². The van der Waals surface area contributed by atoms with E-state index in [2.05, 4.69) is 41.2 Å². The molecule has 6 rings (SSSR count). The smallest absolute Gasteiger partial charge is 0.338 e. The molecule has 0 heterocycles. The summed E-state index contributed by atoms with van der Waals surface area (Å²) in [6.07, 6.45) is 14.9. The van der Waals surface area contributed by atoms with Gasteiger partial charge in [-0.05, 0) is 117 Å². The molecule has 8 atom stereocenters. The lowest BCUT2D eigenvalue weighted by Gasteiger charge is -2.72. The minimum absolute atomic E-state index is 0.162. The van der Waals surface area contributed by atoms with E-state index in [1.165, 1.54) is 57.8 Å². The molecule has 0 aliphatic heterocycles. The summed E-state index contributed by atoms with van der Waals surface area (Å²) in [6.45, 7) is 18.2. The van der Waals surface area contributed by atoms with Crippen LogP contribution in [-0.4, -0.2) is 18.4 Å². The second kappa shape index (κ2) is 10.4. The van der Waals surface area contributed by atoms with Gasteiger partial charge in [-0.1, -0.05) is 65.3 Å². The summed E-state index contributed by atoms with van der Waals surface area (Å²) in [6, 6.07) is 9.50. The van der Waals surface area contributed by atoms with E-state index < -0.39 is 0 Å². The Balaban J connectivity index is 0.00000103. The standard InChI is InChI=1S/C34H48O3.C3H6/c1-30(2)26-15-19-33(5)27(31(26,3)18-16-28(30)35)14-13-24-25-12-9-17-34(25,21-20-32(24,33)4)22-37-29(36)23-10-7-6-8-11-23;1-3-2/h6-8,10-11,24-27H,9,12-22H2,1-5H3;3H,1H2,2H3/t24?,25?,26?,27?,31?,32-,33?,34?;/m1./s1. The van der Waals surface area contributed by atoms with E-state index in [4.69, 9.17) is 4.74 Å². The first-order valence-electron chi connectivity index (χ1n) is 16.2. The molecule has 3 nitrogen and oxygen atoms in total. The molecule has 0 saturated heterocycles. The molecule has 1 aromatic carbocycles. The zero-order valence-electron chi connectivity index (χ0n) is 26.2. The van der Waals surface area contributed by atoms with Crippen LogP contribution < -0.4 is 0 Å². The maximum Gasteiger partial charge on any atom is 0.338 e. The molecule has 0 N–H and O–H groups in total. The van der Waals surface area contributed by atoms with Crippen LogP contribution in [0.3, 0.4) is 0 Å². The molecule has 3 heteroatoms. The van der Waals surface area contributed by atoms with Gasteiger partial charge in [0, 0.05) is 17.3 Å². The van der Waals surface area contributed by atoms with Crippen molar-refractivity contribution in [2.75, 3.05) is 6.61 Å². The normalized spacial score (nSPS) is 43.1. The van der Waals surface area contributed by atoms with Gasteiger partial charge in [0.2, 0.25) is 0 Å². The highest BCUT2D eigenvalue weighted by molar-refractivity contribution is 5.89. The molecule has 5 fully saturated rings. The Labute approximate surface area is 243 Å². The van der Waals surface area contributed by atoms with Crippen molar-refractivity contribution < 1.29 is 14.3 Å². The largest absolute Gasteiger partial charge is 0.461 e. The first-order valence-corrected chi connectivity index (χ1v) is 16.2. The highest BCUT2D eigenvalue weighted by Gasteiger charge is 2.70. The number of rotatable bonds is 3. The maximum atomic E-state index is 13.0. The van der Waals surface area contributed by atoms with Crippen LogP contribution in [0.25, 0.3) is 0 Å². The topological polar surface area (TPSA) is 43.4 Å². The minimum Gasteiger partial charge on any atom is -0.461 e. The number of hydrogen-bond donors (Lipinski definition) is 0. The number of carbonyl (C=O) groups excluding carboxylic acids is 2. The summed E-state index contributed by atoms with van der Waals surface area (Å²) in [7, 11) is 0. The molecular weight excluding hydrogens is 492 g/mol. The van der Waals surface area contributed by atoms with Gasteiger partial charge in [-0.25, -0.2) is 4.79 Å². The number of ether oxygens (including phenoxy) is 1. The number of fused-ring (bicyclic) bond motifs is 7. The molecule has 220 valence electrons. The average Bonchev–Trinajstić information content (AvgIpc) is 3.35. The average molecular weight is 547 g/mol. The quantitative estimate of drug-likeness (QED) is 0.280. The summed E-state index contributed by atoms with van der Waals surface area (Å²) < 4.78 is 6.07. The molecule has 5 aliphatic rings. The van der Waals surface area contributed by atoms with E-state index in [9.17, 15) is 9.59 Å². The van der Waals surface area contributed by atoms with Crippen molar-refractivity contribution >= 4 is 11.8 Å². The fourth-order valence-corrected chi connectivity index (χ4v) is 11.6. The molecule has 0 aromatic heterocycles. The van der Waals surface area contributed by atoms with Crippen LogP contribution in [0, 0.1) is 50.7 Å². The van der Waals surface area contributed by atoms with Crippen LogP contribution in [0.15, 0.2) is 43.0 Å². The van der Waals surface area contributed by atoms with Crippen molar-refractivity contribution in [3.63, 3.8) is 0 Å². The van der Waals surface area contributed by atoms with E-state index >= 15 is 0 Å². The number of Topliss-reactive ketones (excluding diaryl/α,β-unsaturated/α-hetero) is 1. The van der Waals surface area contributed by atoms with Gasteiger partial charge in [0.05, 0.1) is 12.2 Å². The van der Waals surface area contributed by atoms with Gasteiger partial charge in [0.1, 0.15) is 5.78 Å². The molecular formula is C37H54O3. The molecule has 40 heavy (non-hydrogen) atoms. The summed E-state index contributed by atoms with van der Waals surface area (Å²) in [5.41, 5.74) is 1.58. The molecule has 0 radical (unpaired) electrons. The van der Waals surface area contributed by atoms with Gasteiger partial charge in [0.15, 0.2) is 0 Å². The number of ketones is 1. The van der Waals surface area contributed by atoms with Gasteiger partial charge in [-0.2, -0.15) is 0 Å². The second-order valence-electron chi connectivity index (χ2n) is 15.5. The van der Waals surface area contributed by atoms with Crippen molar-refractivity contribution in [3.8, 4) is 0 Å². The third kappa shape index (κ3) is 4.27. The highest BCUT2D eigenvalue weighted by Crippen LogP contribution is 2.76. The maximum absolute atomic E-state index is 13.0. The molecule has 0 bridgehead atoms. The Hall–Kier alpha value is -1.90. The lowest BCUT2D eigenvalue weighted by atomic mass is 9.32. The first-order chi connectivity index (χ1) is 18.9. The van der Waals surface area contributed by atoms with Crippen molar-refractivity contribution in [2.45, 2.75) is 112 Å². The summed E-state index contributed by atoms with van der Waals surface area (Å²) in [5.74, 6) is 2.95. The van der Waals surface area contributed by atoms with E-state index in [0.717, 1.165) is 18.8 Å². The van der Waals surface area contributed by atoms with Crippen LogP contribution in [0.2, 0.25) is 0 Å². The summed E-state index contributed by atoms with van der Waals surface area (Å²) in [5, 5.41) is 0. The van der Waals surface area contributed by atoms with E-state index in [0.29, 0.717) is 46.5 Å². The van der Waals surface area contributed by atoms with Gasteiger partial charge in [-0.3, -0.25) is 4.79 Å². The van der Waals surface area contributed by atoms with Crippen molar-refractivity contribution in [3.05, 3.63) is 48.6 Å². The number of allylic oxidation sites excluding steroid dienone is 1. The zero-order valence-corrected chi connectivity index (χ0v) is 26.2. The predicted octanol–water partition coefficient (Wildman–Crippen LogP) is 9.46. The molecule has 0 amide bonds. The Morgan fingerprint density at radius 2 is 1.57 bits per heavy atom. The van der Waals surface area contributed by atoms with Crippen molar-refractivity contribution in [1.29, 1.82) is 0 Å². The lowest BCUT2D eigenvalue weighted by molar-refractivity contribution is -0.233. The van der Waals surface area contributed by atoms with Gasteiger partial charge in [-0.15, -0.1) is 6.58 Å². The number of benzene rings is 1. The van der Waals surface area contributed by atoms with Gasteiger partial charge < -0.3 is 4.74 Å². The van der Waals surface area contributed by atoms with E-state index in [-0.39, 0.29) is 22.2 Å². The fourth-order valence-electron chi connectivity index (χ4n) is 11.6. The Morgan fingerprint density at radius 1 is 0.875 bits per heavy atom. The van der Waals surface area contributed by atoms with Gasteiger partial charge in [0.25, 0.3) is 0 Å². The number of carbonyl (C=O) groups is 2.